The molecule has 3 rings (SSSR count). The molecule has 0 saturated heterocycles. The molecule has 0 atom stereocenters. The molecule has 8 heteroatoms. The lowest BCUT2D eigenvalue weighted by molar-refractivity contribution is 0.0950. The van der Waals surface area contributed by atoms with Gasteiger partial charge in [-0.3, -0.25) is 9.78 Å². The molecule has 1 amide bonds. The van der Waals surface area contributed by atoms with Crippen LogP contribution in [-0.4, -0.2) is 36.3 Å². The number of halogens is 1. The standard InChI is InChI=1S/C20H17ClN4O3/c1-27-16-9-13(10-17(11-16)28-2)12-24-25-20(26)19-18(22-7-8-23-19)14-3-5-15(21)6-4-14/h3-12H,1-2H3,(H,25,26)/b24-12+. The highest BCUT2D eigenvalue weighted by Crippen LogP contribution is 2.22. The van der Waals surface area contributed by atoms with E-state index in [9.17, 15) is 4.79 Å². The van der Waals surface area contributed by atoms with Crippen molar-refractivity contribution in [2.75, 3.05) is 14.2 Å². The van der Waals surface area contributed by atoms with Crippen LogP contribution < -0.4 is 14.9 Å². The Kier molecular flexibility index (Phi) is 6.18. The van der Waals surface area contributed by atoms with Crippen LogP contribution in [0.5, 0.6) is 11.5 Å². The maximum absolute atomic E-state index is 12.5. The number of nitrogens with zero attached hydrogens (tertiary/aromatic N) is 3. The summed E-state index contributed by atoms with van der Waals surface area (Å²) in [5, 5.41) is 4.59. The van der Waals surface area contributed by atoms with E-state index in [1.165, 1.54) is 18.6 Å². The van der Waals surface area contributed by atoms with Gasteiger partial charge in [0.1, 0.15) is 17.2 Å². The van der Waals surface area contributed by atoms with Gasteiger partial charge in [0.25, 0.3) is 5.91 Å². The highest BCUT2D eigenvalue weighted by atomic mass is 35.5. The van der Waals surface area contributed by atoms with E-state index >= 15 is 0 Å². The minimum Gasteiger partial charge on any atom is -0.497 e. The molecule has 3 aromatic rings. The number of hydrazone groups is 1. The highest BCUT2D eigenvalue weighted by Gasteiger charge is 2.15. The van der Waals surface area contributed by atoms with Crippen molar-refractivity contribution in [3.05, 3.63) is 71.1 Å². The summed E-state index contributed by atoms with van der Waals surface area (Å²) < 4.78 is 10.4. The van der Waals surface area contributed by atoms with Crippen LogP contribution >= 0.6 is 11.6 Å². The first kappa shape index (κ1) is 19.3. The van der Waals surface area contributed by atoms with Crippen molar-refractivity contribution in [1.29, 1.82) is 0 Å². The van der Waals surface area contributed by atoms with Gasteiger partial charge in [0.15, 0.2) is 5.69 Å². The summed E-state index contributed by atoms with van der Waals surface area (Å²) in [6.45, 7) is 0. The predicted molar refractivity (Wildman–Crippen MR) is 107 cm³/mol. The third kappa shape index (κ3) is 4.63. The molecule has 1 N–H and O–H groups in total. The minimum absolute atomic E-state index is 0.158. The van der Waals surface area contributed by atoms with Crippen LogP contribution in [0.25, 0.3) is 11.3 Å². The second kappa shape index (κ2) is 8.96. The zero-order chi connectivity index (χ0) is 19.9. The predicted octanol–water partition coefficient (Wildman–Crippen LogP) is 3.58. The lowest BCUT2D eigenvalue weighted by Crippen LogP contribution is -2.20. The van der Waals surface area contributed by atoms with Gasteiger partial charge in [-0.15, -0.1) is 0 Å². The summed E-state index contributed by atoms with van der Waals surface area (Å²) >= 11 is 5.92. The number of carbonyl (C=O) groups is 1. The molecule has 0 unspecified atom stereocenters. The Hall–Kier alpha value is -3.45. The van der Waals surface area contributed by atoms with E-state index in [0.717, 1.165) is 5.56 Å². The Morgan fingerprint density at radius 1 is 1.04 bits per heavy atom. The van der Waals surface area contributed by atoms with Gasteiger partial charge < -0.3 is 9.47 Å². The maximum atomic E-state index is 12.5. The number of amides is 1. The Labute approximate surface area is 167 Å². The van der Waals surface area contributed by atoms with Gasteiger partial charge in [-0.05, 0) is 24.3 Å². The lowest BCUT2D eigenvalue weighted by atomic mass is 10.1. The molecule has 0 bridgehead atoms. The Balaban J connectivity index is 1.79. The van der Waals surface area contributed by atoms with E-state index in [0.29, 0.717) is 27.8 Å². The van der Waals surface area contributed by atoms with Gasteiger partial charge in [0.2, 0.25) is 0 Å². The van der Waals surface area contributed by atoms with Crippen molar-refractivity contribution in [2.45, 2.75) is 0 Å². The molecule has 28 heavy (non-hydrogen) atoms. The van der Waals surface area contributed by atoms with Gasteiger partial charge >= 0.3 is 0 Å². The van der Waals surface area contributed by atoms with Gasteiger partial charge in [0.05, 0.1) is 20.4 Å². The number of nitrogens with one attached hydrogen (secondary N) is 1. The molecule has 7 nitrogen and oxygen atoms in total. The zero-order valence-corrected chi connectivity index (χ0v) is 16.0. The molecule has 0 aliphatic heterocycles. The molecular formula is C20H17ClN4O3. The number of hydrogen-bond acceptors (Lipinski definition) is 6. The number of aromatic nitrogens is 2. The molecule has 142 valence electrons. The van der Waals surface area contributed by atoms with Gasteiger partial charge in [0, 0.05) is 34.6 Å². The first-order valence-electron chi connectivity index (χ1n) is 8.24. The molecule has 0 spiro atoms. The number of methoxy groups -OCH3 is 2. The Morgan fingerprint density at radius 2 is 1.68 bits per heavy atom. The molecule has 0 fully saturated rings. The van der Waals surface area contributed by atoms with Gasteiger partial charge in [-0.1, -0.05) is 23.7 Å². The van der Waals surface area contributed by atoms with E-state index in [1.807, 2.05) is 0 Å². The molecular weight excluding hydrogens is 380 g/mol. The van der Waals surface area contributed by atoms with E-state index in [2.05, 4.69) is 20.5 Å². The minimum atomic E-state index is -0.482. The lowest BCUT2D eigenvalue weighted by Gasteiger charge is -2.07. The van der Waals surface area contributed by atoms with E-state index in [-0.39, 0.29) is 5.69 Å². The van der Waals surface area contributed by atoms with Crippen molar-refractivity contribution in [2.24, 2.45) is 5.10 Å². The van der Waals surface area contributed by atoms with Crippen molar-refractivity contribution >= 4 is 23.7 Å². The average Bonchev–Trinajstić information content (AvgIpc) is 2.74. The van der Waals surface area contributed by atoms with E-state index < -0.39 is 5.91 Å². The fourth-order valence-electron chi connectivity index (χ4n) is 2.45. The molecule has 1 aromatic heterocycles. The fourth-order valence-corrected chi connectivity index (χ4v) is 2.57. The smallest absolute Gasteiger partial charge is 0.292 e. The Morgan fingerprint density at radius 3 is 2.32 bits per heavy atom. The summed E-state index contributed by atoms with van der Waals surface area (Å²) in [6, 6.07) is 12.3. The number of ether oxygens (including phenoxy) is 2. The fraction of sp³-hybridized carbons (Fsp3) is 0.100. The molecule has 0 aliphatic carbocycles. The molecule has 1 heterocycles. The molecule has 0 saturated carbocycles. The van der Waals surface area contributed by atoms with Crippen molar-refractivity contribution in [1.82, 2.24) is 15.4 Å². The van der Waals surface area contributed by atoms with Crippen LogP contribution in [0.4, 0.5) is 0 Å². The van der Waals surface area contributed by atoms with Crippen molar-refractivity contribution in [3.63, 3.8) is 0 Å². The first-order chi connectivity index (χ1) is 13.6. The quantitative estimate of drug-likeness (QED) is 0.508. The number of carbonyl (C=O) groups excluding carboxylic acids is 1. The number of rotatable bonds is 6. The maximum Gasteiger partial charge on any atom is 0.292 e. The summed E-state index contributed by atoms with van der Waals surface area (Å²) in [4.78, 5) is 20.9. The van der Waals surface area contributed by atoms with Crippen molar-refractivity contribution < 1.29 is 14.3 Å². The van der Waals surface area contributed by atoms with E-state index in [4.69, 9.17) is 21.1 Å². The van der Waals surface area contributed by atoms with Crippen LogP contribution in [0, 0.1) is 0 Å². The Bertz CT molecular complexity index is 984. The van der Waals surface area contributed by atoms with Gasteiger partial charge in [-0.2, -0.15) is 5.10 Å². The van der Waals surface area contributed by atoms with E-state index in [1.54, 1.807) is 56.7 Å². The molecule has 0 radical (unpaired) electrons. The third-order valence-corrected chi connectivity index (χ3v) is 4.04. The van der Waals surface area contributed by atoms with Crippen LogP contribution in [0.1, 0.15) is 16.1 Å². The summed E-state index contributed by atoms with van der Waals surface area (Å²) in [5.41, 5.74) is 4.49. The SMILES string of the molecule is COc1cc(/C=N/NC(=O)c2nccnc2-c2ccc(Cl)cc2)cc(OC)c1. The summed E-state index contributed by atoms with van der Waals surface area (Å²) in [6.07, 6.45) is 4.46. The zero-order valence-electron chi connectivity index (χ0n) is 15.2. The molecule has 2 aromatic carbocycles. The third-order valence-electron chi connectivity index (χ3n) is 3.78. The van der Waals surface area contributed by atoms with Crippen LogP contribution in [-0.2, 0) is 0 Å². The molecule has 0 aliphatic rings. The second-order valence-corrected chi connectivity index (χ2v) is 6.04. The topological polar surface area (TPSA) is 85.7 Å². The summed E-state index contributed by atoms with van der Waals surface area (Å²) in [5.74, 6) is 0.751. The number of hydrogen-bond donors (Lipinski definition) is 1. The van der Waals surface area contributed by atoms with Gasteiger partial charge in [-0.25, -0.2) is 10.4 Å². The highest BCUT2D eigenvalue weighted by molar-refractivity contribution is 6.30. The summed E-state index contributed by atoms with van der Waals surface area (Å²) in [7, 11) is 3.12. The second-order valence-electron chi connectivity index (χ2n) is 5.61. The van der Waals surface area contributed by atoms with Crippen LogP contribution in [0.3, 0.4) is 0 Å². The van der Waals surface area contributed by atoms with Crippen LogP contribution in [0.2, 0.25) is 5.02 Å². The van der Waals surface area contributed by atoms with Crippen LogP contribution in [0.15, 0.2) is 60.0 Å². The monoisotopic (exact) mass is 396 g/mol. The van der Waals surface area contributed by atoms with Crippen molar-refractivity contribution in [3.8, 4) is 22.8 Å². The largest absolute Gasteiger partial charge is 0.497 e. The normalized spacial score (nSPS) is 10.7. The first-order valence-corrected chi connectivity index (χ1v) is 8.62. The average molecular weight is 397 g/mol. The number of benzene rings is 2.